The number of aliphatic hydroxyl groups is 1. The Morgan fingerprint density at radius 3 is 2.76 bits per heavy atom. The van der Waals surface area contributed by atoms with E-state index in [1.54, 1.807) is 17.1 Å². The number of pyridine rings is 1. The van der Waals surface area contributed by atoms with Gasteiger partial charge in [0.25, 0.3) is 0 Å². The van der Waals surface area contributed by atoms with Crippen LogP contribution in [0.1, 0.15) is 32.0 Å². The van der Waals surface area contributed by atoms with Crippen molar-refractivity contribution in [2.45, 2.75) is 31.8 Å². The lowest BCUT2D eigenvalue weighted by Gasteiger charge is -2.16. The van der Waals surface area contributed by atoms with Gasteiger partial charge in [0.05, 0.1) is 17.5 Å². The van der Waals surface area contributed by atoms with E-state index < -0.39 is 5.60 Å². The van der Waals surface area contributed by atoms with Gasteiger partial charge >= 0.3 is 0 Å². The van der Waals surface area contributed by atoms with E-state index in [-0.39, 0.29) is 11.8 Å². The van der Waals surface area contributed by atoms with Gasteiger partial charge in [-0.3, -0.25) is 9.08 Å². The summed E-state index contributed by atoms with van der Waals surface area (Å²) < 4.78 is 3.72. The van der Waals surface area contributed by atoms with E-state index in [2.05, 4.69) is 30.6 Å². The fourth-order valence-corrected chi connectivity index (χ4v) is 3.77. The number of nitrogens with zero attached hydrogens (tertiary/aromatic N) is 7. The van der Waals surface area contributed by atoms with E-state index in [0.29, 0.717) is 5.95 Å². The molecule has 9 heteroatoms. The Balaban J connectivity index is 1.43. The Morgan fingerprint density at radius 2 is 2.03 bits per heavy atom. The third-order valence-corrected chi connectivity index (χ3v) is 5.48. The average Bonchev–Trinajstić information content (AvgIpc) is 3.25. The van der Waals surface area contributed by atoms with Gasteiger partial charge in [-0.1, -0.05) is 0 Å². The van der Waals surface area contributed by atoms with Crippen LogP contribution in [-0.2, 0) is 7.05 Å². The number of anilines is 2. The molecule has 4 heterocycles. The number of nitrogens with one attached hydrogen (secondary N) is 1. The van der Waals surface area contributed by atoms with Crippen molar-refractivity contribution in [3.63, 3.8) is 0 Å². The van der Waals surface area contributed by atoms with Crippen molar-refractivity contribution in [1.29, 1.82) is 0 Å². The summed E-state index contributed by atoms with van der Waals surface area (Å²) in [6.07, 6.45) is 6.33. The van der Waals surface area contributed by atoms with Crippen LogP contribution >= 0.6 is 0 Å². The van der Waals surface area contributed by atoms with Gasteiger partial charge in [-0.2, -0.15) is 5.10 Å². The Hall–Kier alpha value is -3.33. The zero-order valence-corrected chi connectivity index (χ0v) is 16.5. The van der Waals surface area contributed by atoms with Crippen molar-refractivity contribution in [2.24, 2.45) is 13.0 Å². The molecule has 0 aliphatic heterocycles. The van der Waals surface area contributed by atoms with E-state index in [1.807, 2.05) is 55.8 Å². The largest absolute Gasteiger partial charge is 0.390 e. The number of fused-ring (bicyclic) bond motifs is 1. The van der Waals surface area contributed by atoms with Crippen molar-refractivity contribution in [1.82, 2.24) is 34.3 Å². The summed E-state index contributed by atoms with van der Waals surface area (Å²) in [5.74, 6) is 2.67. The molecule has 1 fully saturated rings. The molecule has 1 aliphatic carbocycles. The minimum atomic E-state index is -0.700. The van der Waals surface area contributed by atoms with Gasteiger partial charge in [-0.05, 0) is 44.4 Å². The van der Waals surface area contributed by atoms with Crippen LogP contribution in [0.4, 0.5) is 11.8 Å². The van der Waals surface area contributed by atoms with Crippen LogP contribution in [-0.4, -0.2) is 45.1 Å². The molecule has 1 aliphatic rings. The molecule has 2 atom stereocenters. The Kier molecular flexibility index (Phi) is 3.88. The second-order valence-corrected chi connectivity index (χ2v) is 8.03. The van der Waals surface area contributed by atoms with E-state index in [1.165, 1.54) is 0 Å². The minimum absolute atomic E-state index is 0.220. The van der Waals surface area contributed by atoms with Crippen molar-refractivity contribution in [2.75, 3.05) is 5.32 Å². The van der Waals surface area contributed by atoms with Crippen molar-refractivity contribution >= 4 is 17.4 Å². The molecule has 0 spiro atoms. The summed E-state index contributed by atoms with van der Waals surface area (Å²) in [5.41, 5.74) is 1.78. The molecule has 1 unspecified atom stereocenters. The predicted octanol–water partition coefficient (Wildman–Crippen LogP) is 2.54. The molecule has 0 saturated heterocycles. The molecule has 0 bridgehead atoms. The maximum Gasteiger partial charge on any atom is 0.228 e. The molecular formula is C20H22N8O. The molecule has 4 aromatic rings. The first kappa shape index (κ1) is 17.7. The SMILES string of the molecule is Cn1nccc1Nc1nccc(-c2ccn3c([C@@H]4CC4C(C)(C)O)nnc3c2)n1. The highest BCUT2D eigenvalue weighted by atomic mass is 16.3. The summed E-state index contributed by atoms with van der Waals surface area (Å²) in [6.45, 7) is 3.70. The molecule has 5 rings (SSSR count). The Morgan fingerprint density at radius 1 is 1.17 bits per heavy atom. The highest BCUT2D eigenvalue weighted by Gasteiger charge is 2.49. The van der Waals surface area contributed by atoms with E-state index in [9.17, 15) is 5.11 Å². The maximum absolute atomic E-state index is 10.2. The monoisotopic (exact) mass is 390 g/mol. The predicted molar refractivity (Wildman–Crippen MR) is 108 cm³/mol. The molecule has 4 aromatic heterocycles. The molecule has 0 aromatic carbocycles. The fourth-order valence-electron chi connectivity index (χ4n) is 3.77. The average molecular weight is 390 g/mol. The summed E-state index contributed by atoms with van der Waals surface area (Å²) >= 11 is 0. The number of hydrogen-bond donors (Lipinski definition) is 2. The third kappa shape index (κ3) is 3.23. The van der Waals surface area contributed by atoms with Gasteiger partial charge in [0.15, 0.2) is 5.65 Å². The van der Waals surface area contributed by atoms with Gasteiger partial charge in [-0.15, -0.1) is 10.2 Å². The van der Waals surface area contributed by atoms with Gasteiger partial charge in [0.1, 0.15) is 11.6 Å². The normalized spacial score (nSPS) is 18.9. The number of rotatable bonds is 5. The molecule has 9 nitrogen and oxygen atoms in total. The molecule has 29 heavy (non-hydrogen) atoms. The van der Waals surface area contributed by atoms with Gasteiger partial charge in [0, 0.05) is 37.0 Å². The zero-order chi connectivity index (χ0) is 20.2. The van der Waals surface area contributed by atoms with Crippen molar-refractivity contribution < 1.29 is 5.11 Å². The standard InChI is InChI=1S/C20H22N8O/c1-20(2,29)14-11-13(14)18-26-25-17-10-12(6-9-28(17)18)15-4-7-21-19(23-15)24-16-5-8-22-27(16)3/h4-10,13-14,29H,11H2,1-3H3,(H,21,23,24)/t13-,14?/m1/s1. The van der Waals surface area contributed by atoms with Crippen molar-refractivity contribution in [3.05, 3.63) is 48.7 Å². The van der Waals surface area contributed by atoms with Crippen LogP contribution in [0.5, 0.6) is 0 Å². The summed E-state index contributed by atoms with van der Waals surface area (Å²) in [4.78, 5) is 8.90. The third-order valence-electron chi connectivity index (χ3n) is 5.48. The van der Waals surface area contributed by atoms with Crippen molar-refractivity contribution in [3.8, 4) is 11.3 Å². The molecule has 0 amide bonds. The first-order valence-electron chi connectivity index (χ1n) is 9.55. The second-order valence-electron chi connectivity index (χ2n) is 8.03. The first-order chi connectivity index (χ1) is 13.9. The molecule has 1 saturated carbocycles. The van der Waals surface area contributed by atoms with E-state index in [4.69, 9.17) is 0 Å². The number of aryl methyl sites for hydroxylation is 1. The quantitative estimate of drug-likeness (QED) is 0.539. The second kappa shape index (κ2) is 6.35. The minimum Gasteiger partial charge on any atom is -0.390 e. The van der Waals surface area contributed by atoms with Gasteiger partial charge in [-0.25, -0.2) is 9.97 Å². The Bertz CT molecular complexity index is 1190. The lowest BCUT2D eigenvalue weighted by Crippen LogP contribution is -2.22. The summed E-state index contributed by atoms with van der Waals surface area (Å²) in [6, 6.07) is 7.69. The maximum atomic E-state index is 10.2. The lowest BCUT2D eigenvalue weighted by molar-refractivity contribution is 0.0542. The summed E-state index contributed by atoms with van der Waals surface area (Å²) in [5, 5.41) is 26.3. The highest BCUT2D eigenvalue weighted by molar-refractivity contribution is 5.65. The zero-order valence-electron chi connectivity index (χ0n) is 16.5. The number of aromatic nitrogens is 7. The molecule has 148 valence electrons. The first-order valence-corrected chi connectivity index (χ1v) is 9.55. The van der Waals surface area contributed by atoms with E-state index >= 15 is 0 Å². The molecule has 0 radical (unpaired) electrons. The molecular weight excluding hydrogens is 368 g/mol. The number of hydrogen-bond acceptors (Lipinski definition) is 7. The topological polar surface area (TPSA) is 106 Å². The fraction of sp³-hybridized carbons (Fsp3) is 0.350. The van der Waals surface area contributed by atoms with Crippen LogP contribution in [0.25, 0.3) is 16.9 Å². The van der Waals surface area contributed by atoms with Gasteiger partial charge in [0.2, 0.25) is 5.95 Å². The van der Waals surface area contributed by atoms with Crippen LogP contribution in [0.15, 0.2) is 42.9 Å². The Labute approximate surface area is 167 Å². The smallest absolute Gasteiger partial charge is 0.228 e. The summed E-state index contributed by atoms with van der Waals surface area (Å²) in [7, 11) is 1.85. The van der Waals surface area contributed by atoms with Crippen LogP contribution in [0.2, 0.25) is 0 Å². The van der Waals surface area contributed by atoms with E-state index in [0.717, 1.165) is 35.0 Å². The molecule has 2 N–H and O–H groups in total. The van der Waals surface area contributed by atoms with Crippen LogP contribution in [0, 0.1) is 5.92 Å². The highest BCUT2D eigenvalue weighted by Crippen LogP contribution is 2.52. The lowest BCUT2D eigenvalue weighted by atomic mass is 10.0. The van der Waals surface area contributed by atoms with Crippen LogP contribution < -0.4 is 5.32 Å². The van der Waals surface area contributed by atoms with Gasteiger partial charge < -0.3 is 10.4 Å². The van der Waals surface area contributed by atoms with Crippen LogP contribution in [0.3, 0.4) is 0 Å².